The molecule has 20 heavy (non-hydrogen) atoms. The molecule has 0 aromatic heterocycles. The van der Waals surface area contributed by atoms with Crippen LogP contribution in [0.4, 0.5) is 0 Å². The van der Waals surface area contributed by atoms with E-state index in [0.717, 1.165) is 10.0 Å². The number of carbonyl (C=O) groups excluding carboxylic acids is 1. The highest BCUT2D eigenvalue weighted by molar-refractivity contribution is 9.10. The first-order chi connectivity index (χ1) is 9.52. The van der Waals surface area contributed by atoms with Gasteiger partial charge in [-0.3, -0.25) is 4.79 Å². The van der Waals surface area contributed by atoms with Crippen molar-refractivity contribution in [1.29, 1.82) is 0 Å². The standard InChI is InChI=1S/C14H20BrNO4/c1-3-19-14(18)8-16-7-11(17)9-20-13-5-4-10(2)6-12(13)15/h4-6,11,16-17H,3,7-9H2,1-2H3. The van der Waals surface area contributed by atoms with Crippen LogP contribution >= 0.6 is 15.9 Å². The van der Waals surface area contributed by atoms with Crippen LogP contribution in [0, 0.1) is 6.92 Å². The molecule has 0 amide bonds. The van der Waals surface area contributed by atoms with Crippen molar-refractivity contribution in [3.63, 3.8) is 0 Å². The first kappa shape index (κ1) is 16.9. The highest BCUT2D eigenvalue weighted by Crippen LogP contribution is 2.25. The summed E-state index contributed by atoms with van der Waals surface area (Å²) in [6.07, 6.45) is -0.697. The zero-order valence-electron chi connectivity index (χ0n) is 11.7. The monoisotopic (exact) mass is 345 g/mol. The Labute approximate surface area is 127 Å². The van der Waals surface area contributed by atoms with E-state index in [1.807, 2.05) is 25.1 Å². The fourth-order valence-electron chi connectivity index (χ4n) is 1.52. The average Bonchev–Trinajstić information content (AvgIpc) is 2.38. The highest BCUT2D eigenvalue weighted by atomic mass is 79.9. The summed E-state index contributed by atoms with van der Waals surface area (Å²) in [4.78, 5) is 11.1. The normalized spacial score (nSPS) is 12.0. The van der Waals surface area contributed by atoms with Gasteiger partial charge >= 0.3 is 5.97 Å². The molecule has 0 aliphatic carbocycles. The molecule has 0 spiro atoms. The number of carbonyl (C=O) groups is 1. The van der Waals surface area contributed by atoms with Gasteiger partial charge in [0.1, 0.15) is 18.5 Å². The molecule has 0 aliphatic heterocycles. The lowest BCUT2D eigenvalue weighted by atomic mass is 10.2. The molecule has 1 aromatic rings. The lowest BCUT2D eigenvalue weighted by Gasteiger charge is -2.14. The molecule has 0 aliphatic rings. The SMILES string of the molecule is CCOC(=O)CNCC(O)COc1ccc(C)cc1Br. The topological polar surface area (TPSA) is 67.8 Å². The average molecular weight is 346 g/mol. The largest absolute Gasteiger partial charge is 0.490 e. The fraction of sp³-hybridized carbons (Fsp3) is 0.500. The van der Waals surface area contributed by atoms with E-state index in [4.69, 9.17) is 9.47 Å². The van der Waals surface area contributed by atoms with E-state index in [0.29, 0.717) is 12.4 Å². The summed E-state index contributed by atoms with van der Waals surface area (Å²) >= 11 is 3.40. The maximum atomic E-state index is 11.1. The van der Waals surface area contributed by atoms with E-state index in [-0.39, 0.29) is 25.7 Å². The number of nitrogens with one attached hydrogen (secondary N) is 1. The summed E-state index contributed by atoms with van der Waals surface area (Å²) in [5, 5.41) is 12.6. The first-order valence-electron chi connectivity index (χ1n) is 6.46. The van der Waals surface area contributed by atoms with E-state index >= 15 is 0 Å². The van der Waals surface area contributed by atoms with Gasteiger partial charge in [-0.15, -0.1) is 0 Å². The van der Waals surface area contributed by atoms with E-state index in [1.165, 1.54) is 0 Å². The molecule has 1 rings (SSSR count). The number of esters is 1. The Morgan fingerprint density at radius 2 is 2.25 bits per heavy atom. The molecule has 5 nitrogen and oxygen atoms in total. The molecule has 1 aromatic carbocycles. The van der Waals surface area contributed by atoms with Crippen molar-refractivity contribution in [2.24, 2.45) is 0 Å². The van der Waals surface area contributed by atoms with Gasteiger partial charge in [-0.1, -0.05) is 6.07 Å². The Morgan fingerprint density at radius 1 is 1.50 bits per heavy atom. The Hall–Kier alpha value is -1.11. The van der Waals surface area contributed by atoms with Gasteiger partial charge in [0, 0.05) is 6.54 Å². The van der Waals surface area contributed by atoms with Crippen molar-refractivity contribution >= 4 is 21.9 Å². The molecular formula is C14H20BrNO4. The second kappa shape index (κ2) is 8.94. The Kier molecular flexibility index (Phi) is 7.58. The van der Waals surface area contributed by atoms with Crippen LogP contribution in [0.5, 0.6) is 5.75 Å². The second-order valence-electron chi connectivity index (χ2n) is 4.33. The molecule has 6 heteroatoms. The van der Waals surface area contributed by atoms with E-state index in [9.17, 15) is 9.90 Å². The zero-order valence-corrected chi connectivity index (χ0v) is 13.3. The highest BCUT2D eigenvalue weighted by Gasteiger charge is 2.08. The van der Waals surface area contributed by atoms with E-state index < -0.39 is 6.10 Å². The molecule has 1 atom stereocenters. The molecule has 0 heterocycles. The van der Waals surface area contributed by atoms with Crippen LogP contribution in [0.25, 0.3) is 0 Å². The van der Waals surface area contributed by atoms with Crippen molar-refractivity contribution < 1.29 is 19.4 Å². The summed E-state index contributed by atoms with van der Waals surface area (Å²) in [6.45, 7) is 4.59. The van der Waals surface area contributed by atoms with Gasteiger partial charge < -0.3 is 19.9 Å². The Bertz CT molecular complexity index is 439. The number of ether oxygens (including phenoxy) is 2. The maximum Gasteiger partial charge on any atom is 0.319 e. The van der Waals surface area contributed by atoms with Crippen LogP contribution in [0.3, 0.4) is 0 Å². The van der Waals surface area contributed by atoms with Gasteiger partial charge in [0.2, 0.25) is 0 Å². The minimum Gasteiger partial charge on any atom is -0.490 e. The van der Waals surface area contributed by atoms with E-state index in [1.54, 1.807) is 6.92 Å². The van der Waals surface area contributed by atoms with Crippen molar-refractivity contribution in [3.05, 3.63) is 28.2 Å². The smallest absolute Gasteiger partial charge is 0.319 e. The molecule has 0 saturated carbocycles. The van der Waals surface area contributed by atoms with Crippen molar-refractivity contribution in [3.8, 4) is 5.75 Å². The van der Waals surface area contributed by atoms with Gasteiger partial charge in [0.05, 0.1) is 17.6 Å². The predicted molar refractivity (Wildman–Crippen MR) is 79.9 cm³/mol. The number of hydrogen-bond acceptors (Lipinski definition) is 5. The summed E-state index contributed by atoms with van der Waals surface area (Å²) in [5.41, 5.74) is 1.13. The minimum absolute atomic E-state index is 0.0825. The molecule has 0 fully saturated rings. The molecule has 0 radical (unpaired) electrons. The first-order valence-corrected chi connectivity index (χ1v) is 7.25. The third-order valence-corrected chi connectivity index (χ3v) is 3.09. The third-order valence-electron chi connectivity index (χ3n) is 2.47. The number of halogens is 1. The van der Waals surface area contributed by atoms with Crippen LogP contribution in [0.15, 0.2) is 22.7 Å². The lowest BCUT2D eigenvalue weighted by molar-refractivity contribution is -0.142. The minimum atomic E-state index is -0.697. The molecule has 2 N–H and O–H groups in total. The summed E-state index contributed by atoms with van der Waals surface area (Å²) in [7, 11) is 0. The Morgan fingerprint density at radius 3 is 2.90 bits per heavy atom. The zero-order chi connectivity index (χ0) is 15.0. The number of benzene rings is 1. The maximum absolute atomic E-state index is 11.1. The number of aliphatic hydroxyl groups is 1. The molecule has 112 valence electrons. The summed E-state index contributed by atoms with van der Waals surface area (Å²) in [6, 6.07) is 5.73. The van der Waals surface area contributed by atoms with Crippen LogP contribution in [0.2, 0.25) is 0 Å². The second-order valence-corrected chi connectivity index (χ2v) is 5.19. The fourth-order valence-corrected chi connectivity index (χ4v) is 2.13. The van der Waals surface area contributed by atoms with Crippen LogP contribution < -0.4 is 10.1 Å². The van der Waals surface area contributed by atoms with Gasteiger partial charge in [-0.25, -0.2) is 0 Å². The lowest BCUT2D eigenvalue weighted by Crippen LogP contribution is -2.35. The van der Waals surface area contributed by atoms with Gasteiger partial charge in [-0.05, 0) is 47.5 Å². The quantitative estimate of drug-likeness (QED) is 0.701. The van der Waals surface area contributed by atoms with Crippen LogP contribution in [-0.2, 0) is 9.53 Å². The number of rotatable bonds is 8. The molecule has 0 saturated heterocycles. The van der Waals surface area contributed by atoms with E-state index in [2.05, 4.69) is 21.2 Å². The predicted octanol–water partition coefficient (Wildman–Crippen LogP) is 1.65. The van der Waals surface area contributed by atoms with Crippen LogP contribution in [0.1, 0.15) is 12.5 Å². The number of hydrogen-bond donors (Lipinski definition) is 2. The van der Waals surface area contributed by atoms with Crippen molar-refractivity contribution in [2.75, 3.05) is 26.3 Å². The third kappa shape index (κ3) is 6.36. The number of aryl methyl sites for hydroxylation is 1. The summed E-state index contributed by atoms with van der Waals surface area (Å²) < 4.78 is 11.1. The van der Waals surface area contributed by atoms with Gasteiger partial charge in [-0.2, -0.15) is 0 Å². The molecule has 0 bridgehead atoms. The summed E-state index contributed by atoms with van der Waals surface area (Å²) in [5.74, 6) is 0.349. The Balaban J connectivity index is 2.26. The van der Waals surface area contributed by atoms with Gasteiger partial charge in [0.15, 0.2) is 0 Å². The molecular weight excluding hydrogens is 326 g/mol. The van der Waals surface area contributed by atoms with Crippen molar-refractivity contribution in [2.45, 2.75) is 20.0 Å². The van der Waals surface area contributed by atoms with Crippen LogP contribution in [-0.4, -0.2) is 43.5 Å². The molecule has 1 unspecified atom stereocenters. The number of aliphatic hydroxyl groups excluding tert-OH is 1. The van der Waals surface area contributed by atoms with Gasteiger partial charge in [0.25, 0.3) is 0 Å². The van der Waals surface area contributed by atoms with Crippen molar-refractivity contribution in [1.82, 2.24) is 5.32 Å².